The number of esters is 1. The van der Waals surface area contributed by atoms with E-state index >= 15 is 0 Å². The summed E-state index contributed by atoms with van der Waals surface area (Å²) < 4.78 is 16.9. The first-order valence-corrected chi connectivity index (χ1v) is 10.6. The van der Waals surface area contributed by atoms with Gasteiger partial charge in [0.15, 0.2) is 5.76 Å². The summed E-state index contributed by atoms with van der Waals surface area (Å²) in [6, 6.07) is 18.9. The van der Waals surface area contributed by atoms with Gasteiger partial charge in [-0.05, 0) is 37.3 Å². The fraction of sp³-hybridized carbons (Fsp3) is 0.120. The highest BCUT2D eigenvalue weighted by atomic mass is 35.5. The second-order valence-electron chi connectivity index (χ2n) is 6.89. The van der Waals surface area contributed by atoms with Crippen LogP contribution < -0.4 is 9.47 Å². The summed E-state index contributed by atoms with van der Waals surface area (Å²) in [5.74, 6) is -0.0390. The number of Topliss-reactive ketones (excluding diaryl/α,β-unsaturated/α-hetero) is 1. The number of carbonyl (C=O) groups is 2. The first-order valence-electron chi connectivity index (χ1n) is 9.88. The fourth-order valence-electron chi connectivity index (χ4n) is 3.25. The molecule has 0 radical (unpaired) electrons. The SMILES string of the molecule is CCOC(=O)C(Oc1ccc2c(c1)OC(=Cc1c(Cl)cccc1Cl)C2=O)c1ccccc1. The summed E-state index contributed by atoms with van der Waals surface area (Å²) in [6.07, 6.45) is 0.557. The Morgan fingerprint density at radius 1 is 1.03 bits per heavy atom. The van der Waals surface area contributed by atoms with E-state index in [4.69, 9.17) is 37.4 Å². The van der Waals surface area contributed by atoms with Crippen LogP contribution in [0.25, 0.3) is 6.08 Å². The van der Waals surface area contributed by atoms with Gasteiger partial charge in [0.1, 0.15) is 11.5 Å². The Balaban J connectivity index is 1.62. The molecule has 5 nitrogen and oxygen atoms in total. The quantitative estimate of drug-likeness (QED) is 0.314. The highest BCUT2D eigenvalue weighted by Crippen LogP contribution is 2.37. The molecule has 1 heterocycles. The Morgan fingerprint density at radius 2 is 1.75 bits per heavy atom. The average molecular weight is 469 g/mol. The van der Waals surface area contributed by atoms with Crippen molar-refractivity contribution in [3.8, 4) is 11.5 Å². The van der Waals surface area contributed by atoms with Crippen molar-refractivity contribution in [3.05, 3.63) is 99.2 Å². The largest absolute Gasteiger partial charge is 0.474 e. The van der Waals surface area contributed by atoms with Crippen molar-refractivity contribution < 1.29 is 23.8 Å². The van der Waals surface area contributed by atoms with Crippen LogP contribution in [0.1, 0.15) is 34.5 Å². The van der Waals surface area contributed by atoms with Gasteiger partial charge in [0, 0.05) is 27.2 Å². The number of ketones is 1. The van der Waals surface area contributed by atoms with Crippen LogP contribution in [-0.2, 0) is 9.53 Å². The van der Waals surface area contributed by atoms with Crippen LogP contribution in [0.3, 0.4) is 0 Å². The van der Waals surface area contributed by atoms with Gasteiger partial charge in [0.25, 0.3) is 0 Å². The maximum atomic E-state index is 12.8. The van der Waals surface area contributed by atoms with Crippen molar-refractivity contribution in [2.45, 2.75) is 13.0 Å². The topological polar surface area (TPSA) is 61.8 Å². The molecule has 0 fully saturated rings. The number of hydrogen-bond donors (Lipinski definition) is 0. The molecule has 0 N–H and O–H groups in total. The molecule has 7 heteroatoms. The van der Waals surface area contributed by atoms with Crippen molar-refractivity contribution >= 4 is 41.0 Å². The Kier molecular flexibility index (Phi) is 6.49. The van der Waals surface area contributed by atoms with E-state index in [0.29, 0.717) is 38.2 Å². The summed E-state index contributed by atoms with van der Waals surface area (Å²) >= 11 is 12.4. The minimum Gasteiger partial charge on any atom is -0.474 e. The monoisotopic (exact) mass is 468 g/mol. The van der Waals surface area contributed by atoms with Crippen LogP contribution in [0, 0.1) is 0 Å². The normalized spacial score (nSPS) is 14.6. The molecular formula is C25H18Cl2O5. The molecule has 0 amide bonds. The van der Waals surface area contributed by atoms with E-state index in [1.807, 2.05) is 18.2 Å². The van der Waals surface area contributed by atoms with E-state index in [-0.39, 0.29) is 18.1 Å². The van der Waals surface area contributed by atoms with Crippen molar-refractivity contribution in [2.75, 3.05) is 6.61 Å². The van der Waals surface area contributed by atoms with E-state index in [1.165, 1.54) is 6.08 Å². The van der Waals surface area contributed by atoms with Gasteiger partial charge in [0.2, 0.25) is 11.9 Å². The summed E-state index contributed by atoms with van der Waals surface area (Å²) in [7, 11) is 0. The lowest BCUT2D eigenvalue weighted by Gasteiger charge is -2.18. The summed E-state index contributed by atoms with van der Waals surface area (Å²) in [6.45, 7) is 1.96. The highest BCUT2D eigenvalue weighted by molar-refractivity contribution is 6.37. The molecule has 0 bridgehead atoms. The third-order valence-electron chi connectivity index (χ3n) is 4.77. The van der Waals surface area contributed by atoms with Gasteiger partial charge in [-0.3, -0.25) is 4.79 Å². The molecule has 32 heavy (non-hydrogen) atoms. The minimum absolute atomic E-state index is 0.0946. The minimum atomic E-state index is -0.955. The third kappa shape index (κ3) is 4.49. The van der Waals surface area contributed by atoms with Gasteiger partial charge in [-0.1, -0.05) is 59.6 Å². The third-order valence-corrected chi connectivity index (χ3v) is 5.43. The molecule has 1 aliphatic rings. The molecule has 4 rings (SSSR count). The maximum Gasteiger partial charge on any atom is 0.352 e. The maximum absolute atomic E-state index is 12.8. The predicted octanol–water partition coefficient (Wildman–Crippen LogP) is 6.29. The lowest BCUT2D eigenvalue weighted by molar-refractivity contribution is -0.151. The number of allylic oxidation sites excluding steroid dienone is 1. The Morgan fingerprint density at radius 3 is 2.44 bits per heavy atom. The molecule has 0 spiro atoms. The molecule has 0 saturated heterocycles. The molecule has 0 saturated carbocycles. The number of hydrogen-bond acceptors (Lipinski definition) is 5. The highest BCUT2D eigenvalue weighted by Gasteiger charge is 2.30. The van der Waals surface area contributed by atoms with E-state index in [1.54, 1.807) is 55.5 Å². The van der Waals surface area contributed by atoms with Crippen LogP contribution in [0.5, 0.6) is 11.5 Å². The lowest BCUT2D eigenvalue weighted by atomic mass is 10.1. The molecule has 162 valence electrons. The number of rotatable bonds is 6. The van der Waals surface area contributed by atoms with Gasteiger partial charge in [-0.2, -0.15) is 0 Å². The number of halogens is 2. The summed E-state index contributed by atoms with van der Waals surface area (Å²) in [4.78, 5) is 25.3. The first kappa shape index (κ1) is 21.9. The van der Waals surface area contributed by atoms with Gasteiger partial charge in [-0.25, -0.2) is 4.79 Å². The summed E-state index contributed by atoms with van der Waals surface area (Å²) in [5, 5.41) is 0.808. The van der Waals surface area contributed by atoms with Gasteiger partial charge < -0.3 is 14.2 Å². The summed E-state index contributed by atoms with van der Waals surface area (Å²) in [5.41, 5.74) is 1.52. The number of fused-ring (bicyclic) bond motifs is 1. The molecule has 0 aromatic heterocycles. The number of carbonyl (C=O) groups excluding carboxylic acids is 2. The van der Waals surface area contributed by atoms with Crippen molar-refractivity contribution in [1.29, 1.82) is 0 Å². The lowest BCUT2D eigenvalue weighted by Crippen LogP contribution is -2.21. The molecule has 1 unspecified atom stereocenters. The standard InChI is InChI=1S/C25H18Cl2O5/c1-2-30-25(29)24(15-7-4-3-5-8-15)31-16-11-12-17-21(13-16)32-22(23(17)28)14-18-19(26)9-6-10-20(18)27/h3-14,24H,2H2,1H3. The van der Waals surface area contributed by atoms with Crippen LogP contribution in [0.4, 0.5) is 0 Å². The van der Waals surface area contributed by atoms with Crippen LogP contribution in [0.15, 0.2) is 72.5 Å². The Labute approximate surface area is 195 Å². The van der Waals surface area contributed by atoms with Gasteiger partial charge in [-0.15, -0.1) is 0 Å². The molecule has 3 aromatic carbocycles. The van der Waals surface area contributed by atoms with Crippen molar-refractivity contribution in [2.24, 2.45) is 0 Å². The molecule has 0 aliphatic carbocycles. The second-order valence-corrected chi connectivity index (χ2v) is 7.71. The van der Waals surface area contributed by atoms with E-state index in [9.17, 15) is 9.59 Å². The molecule has 3 aromatic rings. The van der Waals surface area contributed by atoms with Crippen LogP contribution in [-0.4, -0.2) is 18.4 Å². The zero-order valence-corrected chi connectivity index (χ0v) is 18.5. The number of ether oxygens (including phenoxy) is 3. The second kappa shape index (κ2) is 9.47. The zero-order chi connectivity index (χ0) is 22.7. The van der Waals surface area contributed by atoms with Crippen LogP contribution >= 0.6 is 23.2 Å². The fourth-order valence-corrected chi connectivity index (χ4v) is 3.76. The molecule has 1 aliphatic heterocycles. The van der Waals surface area contributed by atoms with E-state index in [2.05, 4.69) is 0 Å². The first-order chi connectivity index (χ1) is 15.5. The smallest absolute Gasteiger partial charge is 0.352 e. The van der Waals surface area contributed by atoms with Gasteiger partial charge in [0.05, 0.1) is 12.2 Å². The Bertz CT molecular complexity index is 1180. The van der Waals surface area contributed by atoms with Crippen molar-refractivity contribution in [1.82, 2.24) is 0 Å². The Hall–Kier alpha value is -3.28. The van der Waals surface area contributed by atoms with Crippen LogP contribution in [0.2, 0.25) is 10.0 Å². The van der Waals surface area contributed by atoms with E-state index in [0.717, 1.165) is 0 Å². The number of benzene rings is 3. The zero-order valence-electron chi connectivity index (χ0n) is 17.0. The predicted molar refractivity (Wildman–Crippen MR) is 122 cm³/mol. The molecule has 1 atom stereocenters. The van der Waals surface area contributed by atoms with Crippen molar-refractivity contribution in [3.63, 3.8) is 0 Å². The molecular weight excluding hydrogens is 451 g/mol. The van der Waals surface area contributed by atoms with Gasteiger partial charge >= 0.3 is 5.97 Å². The van der Waals surface area contributed by atoms with E-state index < -0.39 is 12.1 Å². The average Bonchev–Trinajstić information content (AvgIpc) is 3.10.